The molecule has 0 aliphatic rings. The second-order valence-electron chi connectivity index (χ2n) is 0.552. The molecule has 0 fully saturated rings. The van der Waals surface area contributed by atoms with Crippen LogP contribution in [0, 0.1) is 0 Å². The summed E-state index contributed by atoms with van der Waals surface area (Å²) in [5.41, 5.74) is 4.50. The Morgan fingerprint density at radius 2 is 1.86 bits per heavy atom. The van der Waals surface area contributed by atoms with E-state index in [-0.39, 0.29) is 0 Å². The molecule has 4 nitrogen and oxygen atoms in total. The van der Waals surface area contributed by atoms with Gasteiger partial charge in [-0.15, -0.1) is 0 Å². The van der Waals surface area contributed by atoms with Crippen molar-refractivity contribution in [2.45, 2.75) is 0 Å². The van der Waals surface area contributed by atoms with Crippen molar-refractivity contribution in [3.63, 3.8) is 0 Å². The standard InChI is InChI=1S/C2H4O3.CH5N/c3-1-2(4)5;1-2/h3H,1H2,(H,4,5);2H2,1H3. The molecular weight excluding hydrogens is 98.0 g/mol. The van der Waals surface area contributed by atoms with Gasteiger partial charge >= 0.3 is 5.97 Å². The van der Waals surface area contributed by atoms with E-state index < -0.39 is 12.6 Å². The molecule has 0 unspecified atom stereocenters. The smallest absolute Gasteiger partial charge is 0.329 e. The third-order valence-corrected chi connectivity index (χ3v) is 0.135. The topological polar surface area (TPSA) is 83.6 Å². The van der Waals surface area contributed by atoms with Gasteiger partial charge in [0.1, 0.15) is 6.61 Å². The summed E-state index contributed by atoms with van der Waals surface area (Å²) in [6.45, 7) is -0.778. The van der Waals surface area contributed by atoms with Crippen LogP contribution in [0.3, 0.4) is 0 Å². The highest BCUT2D eigenvalue weighted by Crippen LogP contribution is 1.48. The van der Waals surface area contributed by atoms with Gasteiger partial charge in [-0.3, -0.25) is 0 Å². The summed E-state index contributed by atoms with van der Waals surface area (Å²) >= 11 is 0. The van der Waals surface area contributed by atoms with Gasteiger partial charge in [0.25, 0.3) is 0 Å². The monoisotopic (exact) mass is 107 g/mol. The summed E-state index contributed by atoms with van der Waals surface area (Å²) < 4.78 is 0. The molecule has 0 amide bonds. The Labute approximate surface area is 41.6 Å². The predicted octanol–water partition coefficient (Wildman–Crippen LogP) is -1.36. The van der Waals surface area contributed by atoms with E-state index in [1.165, 1.54) is 7.05 Å². The van der Waals surface area contributed by atoms with Gasteiger partial charge in [0.2, 0.25) is 0 Å². The van der Waals surface area contributed by atoms with Crippen LogP contribution >= 0.6 is 0 Å². The molecule has 0 spiro atoms. The van der Waals surface area contributed by atoms with Gasteiger partial charge in [0, 0.05) is 0 Å². The molecule has 0 radical (unpaired) electrons. The highest BCUT2D eigenvalue weighted by Gasteiger charge is 1.82. The molecule has 0 saturated heterocycles. The van der Waals surface area contributed by atoms with Crippen LogP contribution in [0.25, 0.3) is 0 Å². The van der Waals surface area contributed by atoms with Crippen molar-refractivity contribution in [1.82, 2.24) is 0 Å². The first-order valence-corrected chi connectivity index (χ1v) is 1.67. The number of rotatable bonds is 1. The van der Waals surface area contributed by atoms with Crippen LogP contribution < -0.4 is 5.73 Å². The number of carbonyl (C=O) groups is 1. The number of carboxylic acids is 1. The van der Waals surface area contributed by atoms with Crippen LogP contribution in [0.15, 0.2) is 0 Å². The SMILES string of the molecule is CN.O=C(O)CO. The van der Waals surface area contributed by atoms with Crippen molar-refractivity contribution in [1.29, 1.82) is 0 Å². The van der Waals surface area contributed by atoms with E-state index in [1.54, 1.807) is 0 Å². The fourth-order valence-electron chi connectivity index (χ4n) is 0. The second-order valence-corrected chi connectivity index (χ2v) is 0.552. The number of aliphatic hydroxyl groups excluding tert-OH is 1. The highest BCUT2D eigenvalue weighted by molar-refractivity contribution is 5.67. The maximum atomic E-state index is 9.12. The maximum Gasteiger partial charge on any atom is 0.329 e. The first-order valence-electron chi connectivity index (χ1n) is 1.67. The van der Waals surface area contributed by atoms with Gasteiger partial charge in [-0.1, -0.05) is 0 Å². The first kappa shape index (κ1) is 9.63. The molecule has 0 aromatic carbocycles. The molecule has 0 aromatic rings. The highest BCUT2D eigenvalue weighted by atomic mass is 16.4. The molecule has 0 saturated carbocycles. The van der Waals surface area contributed by atoms with E-state index in [2.05, 4.69) is 5.73 Å². The molecule has 0 rings (SSSR count). The van der Waals surface area contributed by atoms with Crippen LogP contribution in [0.4, 0.5) is 0 Å². The quantitative estimate of drug-likeness (QED) is 0.386. The molecule has 7 heavy (non-hydrogen) atoms. The van der Waals surface area contributed by atoms with Crippen LogP contribution in [0.2, 0.25) is 0 Å². The van der Waals surface area contributed by atoms with Crippen molar-refractivity contribution in [3.8, 4) is 0 Å². The normalized spacial score (nSPS) is 6.14. The van der Waals surface area contributed by atoms with E-state index in [1.807, 2.05) is 0 Å². The molecular formula is C3H9NO3. The minimum Gasteiger partial charge on any atom is -0.480 e. The average molecular weight is 107 g/mol. The zero-order chi connectivity index (χ0) is 6.28. The summed E-state index contributed by atoms with van der Waals surface area (Å²) in [4.78, 5) is 9.12. The third-order valence-electron chi connectivity index (χ3n) is 0.135. The number of aliphatic hydroxyl groups is 1. The van der Waals surface area contributed by atoms with Crippen LogP contribution in [0.1, 0.15) is 0 Å². The van der Waals surface area contributed by atoms with Crippen molar-refractivity contribution in [2.75, 3.05) is 13.7 Å². The average Bonchev–Trinajstić information content (AvgIpc) is 1.73. The molecule has 0 atom stereocenters. The number of hydrogen-bond acceptors (Lipinski definition) is 3. The lowest BCUT2D eigenvalue weighted by Gasteiger charge is -1.72. The maximum absolute atomic E-state index is 9.12. The van der Waals surface area contributed by atoms with Gasteiger partial charge in [-0.05, 0) is 7.05 Å². The molecule has 44 valence electrons. The lowest BCUT2D eigenvalue weighted by atomic mass is 10.8. The summed E-state index contributed by atoms with van der Waals surface area (Å²) in [5.74, 6) is -1.19. The molecule has 0 aliphatic heterocycles. The summed E-state index contributed by atoms with van der Waals surface area (Å²) in [5, 5.41) is 15.0. The predicted molar refractivity (Wildman–Crippen MR) is 24.8 cm³/mol. The van der Waals surface area contributed by atoms with Crippen LogP contribution in [0.5, 0.6) is 0 Å². The molecule has 0 heterocycles. The van der Waals surface area contributed by atoms with Crippen molar-refractivity contribution >= 4 is 5.97 Å². The summed E-state index contributed by atoms with van der Waals surface area (Å²) in [6.07, 6.45) is 0. The molecule has 4 heteroatoms. The van der Waals surface area contributed by atoms with E-state index >= 15 is 0 Å². The van der Waals surface area contributed by atoms with Gasteiger partial charge in [0.05, 0.1) is 0 Å². The van der Waals surface area contributed by atoms with Crippen molar-refractivity contribution in [3.05, 3.63) is 0 Å². The minimum atomic E-state index is -1.19. The Balaban J connectivity index is 0. The fourth-order valence-corrected chi connectivity index (χ4v) is 0. The number of carboxylic acid groups (broad SMARTS) is 1. The first-order chi connectivity index (χ1) is 3.27. The van der Waals surface area contributed by atoms with Crippen molar-refractivity contribution in [2.24, 2.45) is 5.73 Å². The summed E-state index contributed by atoms with van der Waals surface area (Å²) in [6, 6.07) is 0. The Kier molecular flexibility index (Phi) is 12.4. The molecule has 0 aliphatic carbocycles. The fraction of sp³-hybridized carbons (Fsp3) is 0.667. The lowest BCUT2D eigenvalue weighted by Crippen LogP contribution is -1.98. The molecule has 0 aromatic heterocycles. The van der Waals surface area contributed by atoms with Gasteiger partial charge < -0.3 is 15.9 Å². The van der Waals surface area contributed by atoms with Gasteiger partial charge in [-0.2, -0.15) is 0 Å². The van der Waals surface area contributed by atoms with Crippen LogP contribution in [-0.4, -0.2) is 29.8 Å². The molecule has 4 N–H and O–H groups in total. The zero-order valence-corrected chi connectivity index (χ0v) is 4.09. The Morgan fingerprint density at radius 1 is 1.71 bits per heavy atom. The number of aliphatic carboxylic acids is 1. The number of nitrogens with two attached hydrogens (primary N) is 1. The molecule has 0 bridgehead atoms. The van der Waals surface area contributed by atoms with Gasteiger partial charge in [-0.25, -0.2) is 4.79 Å². The lowest BCUT2D eigenvalue weighted by molar-refractivity contribution is -0.140. The van der Waals surface area contributed by atoms with Crippen LogP contribution in [-0.2, 0) is 4.79 Å². The van der Waals surface area contributed by atoms with E-state index in [4.69, 9.17) is 15.0 Å². The Bertz CT molecular complexity index is 45.4. The van der Waals surface area contributed by atoms with E-state index in [0.717, 1.165) is 0 Å². The minimum absolute atomic E-state index is 0.778. The van der Waals surface area contributed by atoms with Gasteiger partial charge in [0.15, 0.2) is 0 Å². The van der Waals surface area contributed by atoms with E-state index in [0.29, 0.717) is 0 Å². The second kappa shape index (κ2) is 9.04. The zero-order valence-electron chi connectivity index (χ0n) is 4.09. The Hall–Kier alpha value is -0.610. The van der Waals surface area contributed by atoms with Crippen molar-refractivity contribution < 1.29 is 15.0 Å². The summed E-state index contributed by atoms with van der Waals surface area (Å²) in [7, 11) is 1.50. The largest absolute Gasteiger partial charge is 0.480 e. The Morgan fingerprint density at radius 3 is 1.86 bits per heavy atom. The third kappa shape index (κ3) is 32.1. The number of hydrogen-bond donors (Lipinski definition) is 3. The van der Waals surface area contributed by atoms with E-state index in [9.17, 15) is 0 Å².